The highest BCUT2D eigenvalue weighted by molar-refractivity contribution is 6.26. The van der Waals surface area contributed by atoms with Crippen LogP contribution in [0.25, 0.3) is 87.6 Å². The average molecular weight is 558 g/mol. The smallest absolute Gasteiger partial charge is 0.136 e. The van der Waals surface area contributed by atoms with Gasteiger partial charge in [0.25, 0.3) is 0 Å². The van der Waals surface area contributed by atoms with Crippen LogP contribution in [0.5, 0.6) is 0 Å². The Morgan fingerprint density at radius 2 is 1.02 bits per heavy atom. The van der Waals surface area contributed by atoms with E-state index in [1.54, 1.807) is 0 Å². The van der Waals surface area contributed by atoms with Crippen molar-refractivity contribution in [2.45, 2.75) is 0 Å². The van der Waals surface area contributed by atoms with E-state index in [-0.39, 0.29) is 33.5 Å². The van der Waals surface area contributed by atoms with E-state index in [9.17, 15) is 2.74 Å². The third-order valence-electron chi connectivity index (χ3n) is 8.04. The van der Waals surface area contributed by atoms with Crippen LogP contribution in [0.3, 0.4) is 0 Å². The Morgan fingerprint density at radius 3 is 1.77 bits per heavy atom. The highest BCUT2D eigenvalue weighted by Gasteiger charge is 2.20. The van der Waals surface area contributed by atoms with Crippen molar-refractivity contribution in [3.8, 4) is 33.4 Å². The quantitative estimate of drug-likeness (QED) is 0.197. The third-order valence-corrected chi connectivity index (χ3v) is 8.04. The Kier molecular flexibility index (Phi) is 3.41. The van der Waals surface area contributed by atoms with Gasteiger partial charge < -0.3 is 4.42 Å². The van der Waals surface area contributed by atoms with Crippen molar-refractivity contribution in [2.75, 3.05) is 0 Å². The maximum Gasteiger partial charge on any atom is 0.136 e. The summed E-state index contributed by atoms with van der Waals surface area (Å²) in [7, 11) is 0. The van der Waals surface area contributed by atoms with Crippen LogP contribution in [0.4, 0.5) is 0 Å². The van der Waals surface area contributed by atoms with E-state index >= 15 is 0 Å². The summed E-state index contributed by atoms with van der Waals surface area (Å²) in [5.41, 5.74) is 3.02. The molecule has 1 heteroatoms. The summed E-state index contributed by atoms with van der Waals surface area (Å²) in [6.45, 7) is 0. The molecule has 0 aliphatic rings. The van der Waals surface area contributed by atoms with E-state index in [0.29, 0.717) is 21.9 Å². The topological polar surface area (TPSA) is 13.1 Å². The van der Waals surface area contributed by atoms with Gasteiger partial charge in [-0.1, -0.05) is 133 Å². The highest BCUT2D eigenvalue weighted by atomic mass is 16.3. The van der Waals surface area contributed by atoms with E-state index in [0.717, 1.165) is 38.3 Å². The Bertz CT molecular complexity index is 3040. The first kappa shape index (κ1) is 15.5. The van der Waals surface area contributed by atoms with E-state index in [1.165, 1.54) is 0 Å². The fourth-order valence-electron chi connectivity index (χ4n) is 6.30. The Labute approximate surface area is 264 Å². The lowest BCUT2D eigenvalue weighted by atomic mass is 9.83. The van der Waals surface area contributed by atoms with Crippen LogP contribution in [0, 0.1) is 0 Å². The molecule has 8 aromatic carbocycles. The second-order valence-corrected chi connectivity index (χ2v) is 10.4. The van der Waals surface area contributed by atoms with E-state index in [4.69, 9.17) is 16.8 Å². The molecule has 0 N–H and O–H groups in total. The summed E-state index contributed by atoms with van der Waals surface area (Å²) >= 11 is 0. The molecule has 0 radical (unpaired) electrons. The van der Waals surface area contributed by atoms with Gasteiger partial charge in [-0.15, -0.1) is 0 Å². The third kappa shape index (κ3) is 3.65. The standard InChI is InChI=1S/C42H26O/c1-2-13-27(14-3-1)37-26-29(25-28-15-4-5-16-30(28)37)40-31-17-6-8-19-33(31)41(34-20-9-7-18-32(34)40)36-22-12-24-39-42(36)35-21-10-11-23-38(35)43-39/h1-26H/i1D,2D,3D,4D,5D,13D,14D,15D,16D,25D,26D. The molecule has 0 saturated heterocycles. The first-order valence-electron chi connectivity index (χ1n) is 19.4. The summed E-state index contributed by atoms with van der Waals surface area (Å²) in [5, 5.41) is 4.22. The second-order valence-electron chi connectivity index (χ2n) is 10.4. The molecule has 200 valence electrons. The molecule has 0 spiro atoms. The Morgan fingerprint density at radius 1 is 0.419 bits per heavy atom. The lowest BCUT2D eigenvalue weighted by Crippen LogP contribution is -1.92. The zero-order valence-electron chi connectivity index (χ0n) is 33.6. The minimum atomic E-state index is -0.655. The normalized spacial score (nSPS) is 15.3. The molecule has 0 bridgehead atoms. The van der Waals surface area contributed by atoms with Crippen LogP contribution in [-0.4, -0.2) is 0 Å². The number of hydrogen-bond acceptors (Lipinski definition) is 1. The first-order valence-corrected chi connectivity index (χ1v) is 13.9. The van der Waals surface area contributed by atoms with Crippen molar-refractivity contribution in [1.29, 1.82) is 0 Å². The van der Waals surface area contributed by atoms with Gasteiger partial charge in [0.1, 0.15) is 11.2 Å². The zero-order valence-corrected chi connectivity index (χ0v) is 22.6. The second kappa shape index (κ2) is 9.44. The van der Waals surface area contributed by atoms with Crippen LogP contribution in [-0.2, 0) is 0 Å². The van der Waals surface area contributed by atoms with Crippen molar-refractivity contribution < 1.29 is 19.5 Å². The van der Waals surface area contributed by atoms with Gasteiger partial charge in [0, 0.05) is 10.8 Å². The summed E-state index contributed by atoms with van der Waals surface area (Å²) in [4.78, 5) is 0. The summed E-state index contributed by atoms with van der Waals surface area (Å²) in [6.07, 6.45) is 0. The molecule has 0 aliphatic carbocycles. The highest BCUT2D eigenvalue weighted by Crippen LogP contribution is 2.47. The molecule has 0 amide bonds. The number of rotatable bonds is 3. The summed E-state index contributed by atoms with van der Waals surface area (Å²) in [5.74, 6) is 0. The molecule has 0 saturated carbocycles. The number of furan rings is 1. The molecule has 1 nitrogen and oxygen atoms in total. The molecule has 0 unspecified atom stereocenters. The van der Waals surface area contributed by atoms with E-state index < -0.39 is 60.4 Å². The number of hydrogen-bond donors (Lipinski definition) is 0. The minimum Gasteiger partial charge on any atom is -0.456 e. The lowest BCUT2D eigenvalue weighted by Gasteiger charge is -2.19. The number of para-hydroxylation sites is 1. The first-order chi connectivity index (χ1) is 25.9. The Hall–Kier alpha value is -5.66. The van der Waals surface area contributed by atoms with Crippen LogP contribution < -0.4 is 0 Å². The molecule has 0 fully saturated rings. The SMILES string of the molecule is [2H]c1c([2H])c([2H])c(-c2c([2H])c(-c3c4ccccc4c(-c4cccc5oc6ccccc6c45)c4ccccc34)c([2H])c3c([2H])c([2H])c([2H])c([2H])c23)c([2H])c1[2H]. The lowest BCUT2D eigenvalue weighted by molar-refractivity contribution is 0.669. The fraction of sp³-hybridized carbons (Fsp3) is 0. The molecule has 0 aliphatic heterocycles. The molecule has 9 aromatic rings. The maximum atomic E-state index is 9.85. The Balaban J connectivity index is 1.52. The van der Waals surface area contributed by atoms with E-state index in [2.05, 4.69) is 0 Å². The van der Waals surface area contributed by atoms with Gasteiger partial charge in [-0.3, -0.25) is 0 Å². The largest absolute Gasteiger partial charge is 0.456 e. The molecule has 1 aromatic heterocycles. The molecule has 43 heavy (non-hydrogen) atoms. The summed E-state index contributed by atoms with van der Waals surface area (Å²) in [6, 6.07) is 22.6. The predicted molar refractivity (Wildman–Crippen MR) is 183 cm³/mol. The zero-order chi connectivity index (χ0) is 37.9. The maximum absolute atomic E-state index is 9.85. The molecule has 1 heterocycles. The van der Waals surface area contributed by atoms with Crippen molar-refractivity contribution in [2.24, 2.45) is 0 Å². The molecule has 9 rings (SSSR count). The van der Waals surface area contributed by atoms with Gasteiger partial charge in [-0.05, 0) is 89.9 Å². The van der Waals surface area contributed by atoms with Crippen molar-refractivity contribution >= 4 is 54.3 Å². The van der Waals surface area contributed by atoms with Crippen LogP contribution in [0.1, 0.15) is 15.1 Å². The minimum absolute atomic E-state index is 0.000242. The number of fused-ring (bicyclic) bond motifs is 6. The van der Waals surface area contributed by atoms with Crippen LogP contribution in [0.2, 0.25) is 0 Å². The average Bonchev–Trinajstić information content (AvgIpc) is 3.57. The van der Waals surface area contributed by atoms with Gasteiger partial charge in [0.2, 0.25) is 0 Å². The monoisotopic (exact) mass is 557 g/mol. The predicted octanol–water partition coefficient (Wildman–Crippen LogP) is 12.0. The molecule has 0 atom stereocenters. The van der Waals surface area contributed by atoms with Gasteiger partial charge in [0.15, 0.2) is 0 Å². The van der Waals surface area contributed by atoms with Gasteiger partial charge in [-0.2, -0.15) is 0 Å². The molecular formula is C42H26O. The van der Waals surface area contributed by atoms with Gasteiger partial charge >= 0.3 is 0 Å². The fourth-order valence-corrected chi connectivity index (χ4v) is 6.30. The van der Waals surface area contributed by atoms with Crippen molar-refractivity contribution in [1.82, 2.24) is 0 Å². The van der Waals surface area contributed by atoms with Gasteiger partial charge in [-0.25, -0.2) is 0 Å². The van der Waals surface area contributed by atoms with E-state index in [1.807, 2.05) is 91.0 Å². The number of benzene rings is 8. The molecular weight excluding hydrogens is 520 g/mol. The van der Waals surface area contributed by atoms with Gasteiger partial charge in [0.05, 0.1) is 15.1 Å². The summed E-state index contributed by atoms with van der Waals surface area (Å²) < 4.78 is 104. The van der Waals surface area contributed by atoms with Crippen molar-refractivity contribution in [3.05, 3.63) is 157 Å². The van der Waals surface area contributed by atoms with Crippen LogP contribution in [0.15, 0.2) is 162 Å². The van der Waals surface area contributed by atoms with Crippen LogP contribution >= 0.6 is 0 Å². The van der Waals surface area contributed by atoms with Crippen molar-refractivity contribution in [3.63, 3.8) is 0 Å².